The van der Waals surface area contributed by atoms with Crippen molar-refractivity contribution in [1.82, 2.24) is 15.1 Å². The Kier molecular flexibility index (Phi) is 6.86. The third kappa shape index (κ3) is 5.16. The normalized spacial score (nSPS) is 20.6. The second-order valence-corrected chi connectivity index (χ2v) is 11.4. The number of allylic oxidation sites excluding steroid dienone is 1. The van der Waals surface area contributed by atoms with Gasteiger partial charge in [0.05, 0.1) is 30.0 Å². The number of rotatable bonds is 7. The van der Waals surface area contributed by atoms with Gasteiger partial charge in [0.1, 0.15) is 5.82 Å². The molecule has 1 unspecified atom stereocenters. The van der Waals surface area contributed by atoms with Crippen LogP contribution in [0.25, 0.3) is 11.8 Å². The fraction of sp³-hybridized carbons (Fsp3) is 0.273. The van der Waals surface area contributed by atoms with E-state index in [2.05, 4.69) is 35.5 Å². The molecule has 2 aliphatic rings. The Morgan fingerprint density at radius 3 is 2.59 bits per heavy atom. The summed E-state index contributed by atoms with van der Waals surface area (Å²) >= 11 is 6.02. The Balaban J connectivity index is 1.23. The van der Waals surface area contributed by atoms with Crippen molar-refractivity contribution in [3.8, 4) is 5.69 Å². The second-order valence-electron chi connectivity index (χ2n) is 11.0. The summed E-state index contributed by atoms with van der Waals surface area (Å²) in [6.45, 7) is 2.37. The van der Waals surface area contributed by atoms with Gasteiger partial charge >= 0.3 is 0 Å². The van der Waals surface area contributed by atoms with Gasteiger partial charge in [0, 0.05) is 5.02 Å². The van der Waals surface area contributed by atoms with Crippen LogP contribution in [0.4, 0.5) is 4.39 Å². The molecular weight excluding hydrogens is 509 g/mol. The number of nitrogens with one attached hydrogen (secondary N) is 1. The van der Waals surface area contributed by atoms with E-state index in [1.165, 1.54) is 23.3 Å². The molecule has 1 heterocycles. The predicted molar refractivity (Wildman–Crippen MR) is 153 cm³/mol. The molecule has 1 amide bonds. The maximum Gasteiger partial charge on any atom is 0.224 e. The molecule has 0 saturated heterocycles. The van der Waals surface area contributed by atoms with Crippen LogP contribution in [0.5, 0.6) is 0 Å². The van der Waals surface area contributed by atoms with Gasteiger partial charge in [-0.1, -0.05) is 66.6 Å². The summed E-state index contributed by atoms with van der Waals surface area (Å²) in [4.78, 5) is 13.1. The smallest absolute Gasteiger partial charge is 0.224 e. The van der Waals surface area contributed by atoms with Crippen molar-refractivity contribution in [1.29, 1.82) is 0 Å². The highest BCUT2D eigenvalue weighted by Crippen LogP contribution is 2.55. The van der Waals surface area contributed by atoms with E-state index in [0.717, 1.165) is 48.2 Å². The van der Waals surface area contributed by atoms with Crippen molar-refractivity contribution in [2.75, 3.05) is 0 Å². The summed E-state index contributed by atoms with van der Waals surface area (Å²) in [5.41, 5.74) is 6.66. The summed E-state index contributed by atoms with van der Waals surface area (Å²) in [7, 11) is 0. The molecule has 3 atom stereocenters. The van der Waals surface area contributed by atoms with Crippen LogP contribution >= 0.6 is 11.6 Å². The molecule has 0 radical (unpaired) electrons. The third-order valence-electron chi connectivity index (χ3n) is 8.56. The molecule has 0 bridgehead atoms. The lowest BCUT2D eigenvalue weighted by atomic mass is 9.68. The zero-order valence-electron chi connectivity index (χ0n) is 21.9. The number of benzene rings is 3. The molecule has 0 spiro atoms. The summed E-state index contributed by atoms with van der Waals surface area (Å²) in [6, 6.07) is 24.1. The number of carbonyl (C=O) groups is 1. The maximum absolute atomic E-state index is 13.5. The van der Waals surface area contributed by atoms with Crippen molar-refractivity contribution in [2.24, 2.45) is 11.3 Å². The number of hydrogen-bond acceptors (Lipinski definition) is 2. The van der Waals surface area contributed by atoms with Crippen LogP contribution in [-0.4, -0.2) is 15.7 Å². The predicted octanol–water partition coefficient (Wildman–Crippen LogP) is 7.51. The fourth-order valence-corrected chi connectivity index (χ4v) is 6.51. The molecule has 4 aromatic rings. The number of hydrogen-bond donors (Lipinski definition) is 1. The number of halogens is 2. The Labute approximate surface area is 233 Å². The lowest BCUT2D eigenvalue weighted by Gasteiger charge is -2.37. The molecule has 1 fully saturated rings. The Morgan fingerprint density at radius 1 is 1.10 bits per heavy atom. The minimum atomic E-state index is -0.252. The monoisotopic (exact) mass is 539 g/mol. The van der Waals surface area contributed by atoms with E-state index in [-0.39, 0.29) is 23.2 Å². The first-order chi connectivity index (χ1) is 18.9. The van der Waals surface area contributed by atoms with E-state index in [9.17, 15) is 9.18 Å². The molecule has 3 aromatic carbocycles. The van der Waals surface area contributed by atoms with Crippen molar-refractivity contribution in [3.63, 3.8) is 0 Å². The molecule has 39 heavy (non-hydrogen) atoms. The minimum absolute atomic E-state index is 0.00238. The fourth-order valence-electron chi connectivity index (χ4n) is 6.38. The average molecular weight is 540 g/mol. The highest BCUT2D eigenvalue weighted by molar-refractivity contribution is 6.30. The van der Waals surface area contributed by atoms with Crippen LogP contribution in [-0.2, 0) is 17.6 Å². The van der Waals surface area contributed by atoms with Crippen LogP contribution in [0.15, 0.2) is 90.6 Å². The number of nitrogens with zero attached hydrogens (tertiary/aromatic N) is 2. The van der Waals surface area contributed by atoms with Gasteiger partial charge in [-0.25, -0.2) is 9.07 Å². The largest absolute Gasteiger partial charge is 0.349 e. The highest BCUT2D eigenvalue weighted by atomic mass is 35.5. The molecule has 1 N–H and O–H groups in total. The molecule has 1 saturated carbocycles. The van der Waals surface area contributed by atoms with E-state index < -0.39 is 0 Å². The first kappa shape index (κ1) is 25.6. The minimum Gasteiger partial charge on any atom is -0.349 e. The third-order valence-corrected chi connectivity index (χ3v) is 8.81. The van der Waals surface area contributed by atoms with Crippen LogP contribution in [0.3, 0.4) is 0 Å². The van der Waals surface area contributed by atoms with Gasteiger partial charge in [0.15, 0.2) is 0 Å². The summed E-state index contributed by atoms with van der Waals surface area (Å²) in [6.07, 6.45) is 8.44. The molecule has 1 aromatic heterocycles. The summed E-state index contributed by atoms with van der Waals surface area (Å²) in [5, 5.41) is 8.67. The van der Waals surface area contributed by atoms with Crippen molar-refractivity contribution >= 4 is 23.6 Å². The Hall–Kier alpha value is -3.70. The highest BCUT2D eigenvalue weighted by Gasteiger charge is 2.46. The zero-order valence-corrected chi connectivity index (χ0v) is 22.7. The van der Waals surface area contributed by atoms with Crippen LogP contribution in [0, 0.1) is 17.2 Å². The molecule has 2 aliphatic carbocycles. The first-order valence-electron chi connectivity index (χ1n) is 13.5. The summed E-state index contributed by atoms with van der Waals surface area (Å²) in [5.74, 6) is 0.168. The lowest BCUT2D eigenvalue weighted by Crippen LogP contribution is -2.35. The van der Waals surface area contributed by atoms with Gasteiger partial charge in [-0.15, -0.1) is 0 Å². The SMILES string of the molecule is C[C@]12Cc3cnn(-c4ccc(F)cc4)c3C=C1CC[C@@H]2CC(NC(=O)Cc1ccc(Cl)cc1)c1ccccc1. The molecule has 198 valence electrons. The average Bonchev–Trinajstić information content (AvgIpc) is 3.48. The van der Waals surface area contributed by atoms with E-state index in [0.29, 0.717) is 17.4 Å². The first-order valence-corrected chi connectivity index (χ1v) is 13.9. The molecule has 0 aliphatic heterocycles. The van der Waals surface area contributed by atoms with Gasteiger partial charge < -0.3 is 5.32 Å². The van der Waals surface area contributed by atoms with E-state index in [4.69, 9.17) is 11.6 Å². The van der Waals surface area contributed by atoms with Gasteiger partial charge in [0.2, 0.25) is 5.91 Å². The number of fused-ring (bicyclic) bond motifs is 2. The summed E-state index contributed by atoms with van der Waals surface area (Å²) < 4.78 is 15.4. The second kappa shape index (κ2) is 10.5. The number of amides is 1. The molecule has 6 rings (SSSR count). The Bertz CT molecular complexity index is 1510. The lowest BCUT2D eigenvalue weighted by molar-refractivity contribution is -0.121. The van der Waals surface area contributed by atoms with Crippen molar-refractivity contribution < 1.29 is 9.18 Å². The van der Waals surface area contributed by atoms with E-state index in [1.54, 1.807) is 12.1 Å². The molecule has 6 heteroatoms. The number of aromatic nitrogens is 2. The number of carbonyl (C=O) groups excluding carboxylic acids is 1. The van der Waals surface area contributed by atoms with Gasteiger partial charge in [-0.3, -0.25) is 4.79 Å². The zero-order chi connectivity index (χ0) is 27.0. The van der Waals surface area contributed by atoms with Crippen LogP contribution in [0.1, 0.15) is 54.6 Å². The molecular formula is C33H31ClFN3O. The standard InChI is InChI=1S/C33H31ClFN3O/c1-33-20-24-21-36-38(29-15-13-28(35)14-16-29)31(24)19-26(33)10-9-25(33)18-30(23-5-3-2-4-6-23)37-32(39)17-22-7-11-27(34)12-8-22/h2-8,11-16,19,21,25,30H,9-10,17-18,20H2,1H3,(H,37,39)/t25-,30?,33-/m1/s1. The van der Waals surface area contributed by atoms with Gasteiger partial charge in [-0.05, 0) is 96.2 Å². The van der Waals surface area contributed by atoms with Gasteiger partial charge in [-0.2, -0.15) is 5.10 Å². The Morgan fingerprint density at radius 2 is 1.85 bits per heavy atom. The van der Waals surface area contributed by atoms with E-state index in [1.807, 2.05) is 53.3 Å². The molecule has 4 nitrogen and oxygen atoms in total. The maximum atomic E-state index is 13.5. The van der Waals surface area contributed by atoms with Gasteiger partial charge in [0.25, 0.3) is 0 Å². The van der Waals surface area contributed by atoms with Crippen LogP contribution in [0.2, 0.25) is 5.02 Å². The van der Waals surface area contributed by atoms with Crippen molar-refractivity contribution in [2.45, 2.75) is 45.1 Å². The van der Waals surface area contributed by atoms with E-state index >= 15 is 0 Å². The van der Waals surface area contributed by atoms with Crippen LogP contribution < -0.4 is 5.32 Å². The topological polar surface area (TPSA) is 46.9 Å². The quantitative estimate of drug-likeness (QED) is 0.264. The van der Waals surface area contributed by atoms with Crippen molar-refractivity contribution in [3.05, 3.63) is 124 Å².